The summed E-state index contributed by atoms with van der Waals surface area (Å²) in [6.45, 7) is 1.82. The third-order valence-electron chi connectivity index (χ3n) is 3.88. The molecule has 0 unspecified atom stereocenters. The molecule has 1 aromatic heterocycles. The van der Waals surface area contributed by atoms with Crippen molar-refractivity contribution in [3.63, 3.8) is 0 Å². The van der Waals surface area contributed by atoms with Gasteiger partial charge in [-0.15, -0.1) is 10.2 Å². The maximum absolute atomic E-state index is 11.6. The lowest BCUT2D eigenvalue weighted by Gasteiger charge is -2.07. The zero-order chi connectivity index (χ0) is 18.5. The number of benzene rings is 2. The SMILES string of the molecule is CCC(=O)Nc1cccc(-c2nnc(SCc3ccccc3Cl)n2C)c1. The summed E-state index contributed by atoms with van der Waals surface area (Å²) in [6, 6.07) is 15.4. The van der Waals surface area contributed by atoms with Gasteiger partial charge in [-0.2, -0.15) is 0 Å². The van der Waals surface area contributed by atoms with E-state index in [9.17, 15) is 4.79 Å². The van der Waals surface area contributed by atoms with Crippen molar-refractivity contribution in [3.8, 4) is 11.4 Å². The first-order chi connectivity index (χ1) is 12.6. The maximum Gasteiger partial charge on any atom is 0.224 e. The molecule has 5 nitrogen and oxygen atoms in total. The first-order valence-electron chi connectivity index (χ1n) is 8.24. The third kappa shape index (κ3) is 4.26. The predicted octanol–water partition coefficient (Wildman–Crippen LogP) is 4.78. The number of hydrogen-bond acceptors (Lipinski definition) is 4. The standard InChI is InChI=1S/C19H19ClN4OS/c1-3-17(25)21-15-9-6-8-13(11-15)18-22-23-19(24(18)2)26-12-14-7-4-5-10-16(14)20/h4-11H,3,12H2,1-2H3,(H,21,25). The van der Waals surface area contributed by atoms with Gasteiger partial charge in [0, 0.05) is 35.5 Å². The highest BCUT2D eigenvalue weighted by Gasteiger charge is 2.13. The summed E-state index contributed by atoms with van der Waals surface area (Å²) in [6.07, 6.45) is 0.441. The minimum Gasteiger partial charge on any atom is -0.326 e. The fourth-order valence-corrected chi connectivity index (χ4v) is 3.63. The lowest BCUT2D eigenvalue weighted by molar-refractivity contribution is -0.115. The molecule has 2 aromatic carbocycles. The van der Waals surface area contributed by atoms with Crippen LogP contribution < -0.4 is 5.32 Å². The van der Waals surface area contributed by atoms with E-state index >= 15 is 0 Å². The van der Waals surface area contributed by atoms with Gasteiger partial charge in [-0.25, -0.2) is 0 Å². The van der Waals surface area contributed by atoms with E-state index in [0.717, 1.165) is 38.6 Å². The Balaban J connectivity index is 1.77. The maximum atomic E-state index is 11.6. The van der Waals surface area contributed by atoms with Gasteiger partial charge < -0.3 is 9.88 Å². The second kappa shape index (κ2) is 8.38. The van der Waals surface area contributed by atoms with E-state index in [-0.39, 0.29) is 5.91 Å². The number of hydrogen-bond donors (Lipinski definition) is 1. The van der Waals surface area contributed by atoms with Crippen molar-refractivity contribution in [1.82, 2.24) is 14.8 Å². The Kier molecular flexibility index (Phi) is 5.96. The van der Waals surface area contributed by atoms with Gasteiger partial charge in [0.1, 0.15) is 0 Å². The molecule has 0 bridgehead atoms. The Labute approximate surface area is 161 Å². The topological polar surface area (TPSA) is 59.8 Å². The molecule has 1 amide bonds. The Bertz CT molecular complexity index is 925. The van der Waals surface area contributed by atoms with Crippen LogP contribution in [0.25, 0.3) is 11.4 Å². The normalized spacial score (nSPS) is 10.7. The van der Waals surface area contributed by atoms with Gasteiger partial charge in [0.05, 0.1) is 0 Å². The number of amides is 1. The van der Waals surface area contributed by atoms with Gasteiger partial charge in [0.2, 0.25) is 5.91 Å². The van der Waals surface area contributed by atoms with E-state index < -0.39 is 0 Å². The molecule has 0 spiro atoms. The molecule has 0 atom stereocenters. The number of nitrogens with zero attached hydrogens (tertiary/aromatic N) is 3. The third-order valence-corrected chi connectivity index (χ3v) is 5.31. The van der Waals surface area contributed by atoms with Crippen LogP contribution in [0.15, 0.2) is 53.7 Å². The Morgan fingerprint density at radius 3 is 2.77 bits per heavy atom. The van der Waals surface area contributed by atoms with Crippen molar-refractivity contribution in [1.29, 1.82) is 0 Å². The molecule has 3 rings (SSSR count). The minimum atomic E-state index is -0.0175. The number of nitrogens with one attached hydrogen (secondary N) is 1. The van der Waals surface area contributed by atoms with E-state index in [0.29, 0.717) is 6.42 Å². The first kappa shape index (κ1) is 18.5. The van der Waals surface area contributed by atoms with E-state index in [1.54, 1.807) is 11.8 Å². The largest absolute Gasteiger partial charge is 0.326 e. The fraction of sp³-hybridized carbons (Fsp3) is 0.211. The molecule has 0 saturated carbocycles. The first-order valence-corrected chi connectivity index (χ1v) is 9.60. The monoisotopic (exact) mass is 386 g/mol. The highest BCUT2D eigenvalue weighted by molar-refractivity contribution is 7.98. The van der Waals surface area contributed by atoms with E-state index in [1.165, 1.54) is 0 Å². The van der Waals surface area contributed by atoms with E-state index in [4.69, 9.17) is 11.6 Å². The van der Waals surface area contributed by atoms with Gasteiger partial charge >= 0.3 is 0 Å². The molecule has 0 aliphatic carbocycles. The fourth-order valence-electron chi connectivity index (χ4n) is 2.44. The van der Waals surface area contributed by atoms with Gasteiger partial charge in [0.25, 0.3) is 0 Å². The van der Waals surface area contributed by atoms with Crippen molar-refractivity contribution in [2.75, 3.05) is 5.32 Å². The van der Waals surface area contributed by atoms with Gasteiger partial charge in [-0.1, -0.05) is 60.6 Å². The number of aromatic nitrogens is 3. The smallest absolute Gasteiger partial charge is 0.224 e. The van der Waals surface area contributed by atoms with Crippen LogP contribution in [-0.4, -0.2) is 20.7 Å². The van der Waals surface area contributed by atoms with Crippen molar-refractivity contribution in [2.45, 2.75) is 24.3 Å². The van der Waals surface area contributed by atoms with Crippen LogP contribution in [0.1, 0.15) is 18.9 Å². The molecule has 0 aliphatic rings. The highest BCUT2D eigenvalue weighted by Crippen LogP contribution is 2.28. The number of carbonyl (C=O) groups is 1. The summed E-state index contributed by atoms with van der Waals surface area (Å²) in [5.41, 5.74) is 2.72. The number of halogens is 1. The van der Waals surface area contributed by atoms with Crippen LogP contribution in [0.2, 0.25) is 5.02 Å². The predicted molar refractivity (Wildman–Crippen MR) is 106 cm³/mol. The average molecular weight is 387 g/mol. The molecule has 3 aromatic rings. The van der Waals surface area contributed by atoms with Gasteiger partial charge in [-0.3, -0.25) is 4.79 Å². The molecule has 134 valence electrons. The van der Waals surface area contributed by atoms with Crippen LogP contribution in [-0.2, 0) is 17.6 Å². The summed E-state index contributed by atoms with van der Waals surface area (Å²) >= 11 is 7.80. The van der Waals surface area contributed by atoms with Crippen molar-refractivity contribution < 1.29 is 4.79 Å². The minimum absolute atomic E-state index is 0.0175. The molecule has 7 heteroatoms. The summed E-state index contributed by atoms with van der Waals surface area (Å²) < 4.78 is 1.95. The Hall–Kier alpha value is -2.31. The number of thioether (sulfide) groups is 1. The second-order valence-electron chi connectivity index (χ2n) is 5.73. The van der Waals surface area contributed by atoms with Crippen LogP contribution in [0.4, 0.5) is 5.69 Å². The molecule has 0 radical (unpaired) electrons. The van der Waals surface area contributed by atoms with Crippen LogP contribution in [0, 0.1) is 0 Å². The zero-order valence-corrected chi connectivity index (χ0v) is 16.1. The summed E-state index contributed by atoms with van der Waals surface area (Å²) in [4.78, 5) is 11.6. The lowest BCUT2D eigenvalue weighted by atomic mass is 10.2. The molecule has 1 heterocycles. The second-order valence-corrected chi connectivity index (χ2v) is 7.08. The molecular weight excluding hydrogens is 368 g/mol. The lowest BCUT2D eigenvalue weighted by Crippen LogP contribution is -2.09. The van der Waals surface area contributed by atoms with Crippen LogP contribution >= 0.6 is 23.4 Å². The van der Waals surface area contributed by atoms with Gasteiger partial charge in [0.15, 0.2) is 11.0 Å². The van der Waals surface area contributed by atoms with Crippen LogP contribution in [0.3, 0.4) is 0 Å². The zero-order valence-electron chi connectivity index (χ0n) is 14.6. The molecule has 1 N–H and O–H groups in total. The quantitative estimate of drug-likeness (QED) is 0.619. The van der Waals surface area contributed by atoms with Gasteiger partial charge in [-0.05, 0) is 23.8 Å². The molecular formula is C19H19ClN4OS. The van der Waals surface area contributed by atoms with Crippen molar-refractivity contribution in [2.24, 2.45) is 7.05 Å². The number of carbonyl (C=O) groups excluding carboxylic acids is 1. The molecule has 26 heavy (non-hydrogen) atoms. The average Bonchev–Trinajstić information content (AvgIpc) is 3.02. The number of anilines is 1. The summed E-state index contributed by atoms with van der Waals surface area (Å²) in [5.74, 6) is 1.45. The summed E-state index contributed by atoms with van der Waals surface area (Å²) in [7, 11) is 1.93. The number of rotatable bonds is 6. The van der Waals surface area contributed by atoms with Crippen molar-refractivity contribution >= 4 is 35.0 Å². The molecule has 0 aliphatic heterocycles. The van der Waals surface area contributed by atoms with Crippen molar-refractivity contribution in [3.05, 3.63) is 59.1 Å². The Morgan fingerprint density at radius 1 is 1.19 bits per heavy atom. The summed E-state index contributed by atoms with van der Waals surface area (Å²) in [5, 5.41) is 13.0. The highest BCUT2D eigenvalue weighted by atomic mass is 35.5. The molecule has 0 fully saturated rings. The molecule has 0 saturated heterocycles. The van der Waals surface area contributed by atoms with Crippen LogP contribution in [0.5, 0.6) is 0 Å². The van der Waals surface area contributed by atoms with E-state index in [1.807, 2.05) is 67.1 Å². The van der Waals surface area contributed by atoms with E-state index in [2.05, 4.69) is 15.5 Å². The Morgan fingerprint density at radius 2 is 2.00 bits per heavy atom.